The molecule has 0 spiro atoms. The molecule has 8 nitrogen and oxygen atoms in total. The number of carbonyl (C=O) groups excluding carboxylic acids is 1. The van der Waals surface area contributed by atoms with Gasteiger partial charge < -0.3 is 14.5 Å². The molecule has 1 heterocycles. The Morgan fingerprint density at radius 2 is 2.10 bits per heavy atom. The number of carbonyl (C=O) groups is 1. The smallest absolute Gasteiger partial charge is 0.462 e. The highest BCUT2D eigenvalue weighted by Gasteiger charge is 2.37. The molecule has 0 unspecified atom stereocenters. The quantitative estimate of drug-likeness (QED) is 0.510. The van der Waals surface area contributed by atoms with Crippen LogP contribution in [-0.2, 0) is 4.74 Å². The van der Waals surface area contributed by atoms with E-state index in [1.807, 2.05) is 0 Å². The van der Waals surface area contributed by atoms with Crippen LogP contribution in [0.1, 0.15) is 17.3 Å². The average Bonchev–Trinajstić information content (AvgIpc) is 2.26. The number of esters is 1. The Balaban J connectivity index is 3.39. The van der Waals surface area contributed by atoms with Crippen molar-refractivity contribution < 1.29 is 32.4 Å². The van der Waals surface area contributed by atoms with E-state index in [1.54, 1.807) is 4.98 Å². The Labute approximate surface area is 108 Å². The number of aromatic amines is 1. The van der Waals surface area contributed by atoms with Crippen LogP contribution < -0.4 is 10.2 Å². The summed E-state index contributed by atoms with van der Waals surface area (Å²) in [4.78, 5) is 33.9. The Bertz CT molecular complexity index is 594. The number of pyridine rings is 1. The number of nitrogens with one attached hydrogen (secondary N) is 1. The zero-order chi connectivity index (χ0) is 15.5. The van der Waals surface area contributed by atoms with Gasteiger partial charge in [0.25, 0.3) is 11.3 Å². The summed E-state index contributed by atoms with van der Waals surface area (Å²) in [6.45, 7) is 1.30. The van der Waals surface area contributed by atoms with Crippen LogP contribution in [0.25, 0.3) is 0 Å². The standard InChI is InChI=1S/C9H7F3N2O6/c1-2-19-8(16)4-3-13-7(20-9(10,11)12)5(6(4)15)14(17)18/h3H,2H2,1H3,(H,13,15). The zero-order valence-electron chi connectivity index (χ0n) is 9.82. The molecule has 1 aromatic rings. The van der Waals surface area contributed by atoms with Gasteiger partial charge in [0.1, 0.15) is 5.56 Å². The van der Waals surface area contributed by atoms with Gasteiger partial charge in [-0.05, 0) is 6.92 Å². The van der Waals surface area contributed by atoms with Crippen molar-refractivity contribution in [3.8, 4) is 5.88 Å². The van der Waals surface area contributed by atoms with E-state index in [-0.39, 0.29) is 6.61 Å². The van der Waals surface area contributed by atoms with Gasteiger partial charge in [0.15, 0.2) is 0 Å². The van der Waals surface area contributed by atoms with Crippen molar-refractivity contribution >= 4 is 11.7 Å². The van der Waals surface area contributed by atoms with Crippen molar-refractivity contribution in [1.29, 1.82) is 0 Å². The topological polar surface area (TPSA) is 112 Å². The SMILES string of the molecule is CCOC(=O)c1c[nH]c(OC(F)(F)F)c([N+](=O)[O-])c1=O. The summed E-state index contributed by atoms with van der Waals surface area (Å²) < 4.78 is 43.9. The predicted molar refractivity (Wildman–Crippen MR) is 56.4 cm³/mol. The maximum absolute atomic E-state index is 12.0. The van der Waals surface area contributed by atoms with Crippen molar-refractivity contribution in [2.24, 2.45) is 0 Å². The summed E-state index contributed by atoms with van der Waals surface area (Å²) in [5.41, 5.74) is -3.87. The molecule has 0 aromatic carbocycles. The first-order valence-corrected chi connectivity index (χ1v) is 5.00. The minimum absolute atomic E-state index is 0.118. The van der Waals surface area contributed by atoms with Crippen molar-refractivity contribution in [2.75, 3.05) is 6.61 Å². The molecule has 0 aliphatic carbocycles. The number of hydrogen-bond acceptors (Lipinski definition) is 6. The van der Waals surface area contributed by atoms with E-state index in [1.165, 1.54) is 6.92 Å². The van der Waals surface area contributed by atoms with E-state index in [0.29, 0.717) is 6.20 Å². The third-order valence-corrected chi connectivity index (χ3v) is 1.92. The fourth-order valence-corrected chi connectivity index (χ4v) is 1.22. The molecule has 1 rings (SSSR count). The lowest BCUT2D eigenvalue weighted by molar-refractivity contribution is -0.390. The molecule has 0 saturated heterocycles. The van der Waals surface area contributed by atoms with E-state index in [2.05, 4.69) is 9.47 Å². The lowest BCUT2D eigenvalue weighted by Gasteiger charge is -2.09. The highest BCUT2D eigenvalue weighted by atomic mass is 19.4. The lowest BCUT2D eigenvalue weighted by Crippen LogP contribution is -2.25. The summed E-state index contributed by atoms with van der Waals surface area (Å²) in [5.74, 6) is -2.61. The van der Waals surface area contributed by atoms with Gasteiger partial charge in [-0.3, -0.25) is 14.9 Å². The van der Waals surface area contributed by atoms with Crippen LogP contribution in [0.2, 0.25) is 0 Å². The van der Waals surface area contributed by atoms with Crippen molar-refractivity contribution in [2.45, 2.75) is 13.3 Å². The van der Waals surface area contributed by atoms with E-state index in [4.69, 9.17) is 0 Å². The monoisotopic (exact) mass is 296 g/mol. The molecular formula is C9H7F3N2O6. The highest BCUT2D eigenvalue weighted by molar-refractivity contribution is 5.89. The van der Waals surface area contributed by atoms with E-state index < -0.39 is 39.8 Å². The maximum Gasteiger partial charge on any atom is 0.574 e. The Kier molecular flexibility index (Phi) is 4.32. The van der Waals surface area contributed by atoms with Crippen LogP contribution in [0.5, 0.6) is 5.88 Å². The van der Waals surface area contributed by atoms with Crippen LogP contribution in [0.4, 0.5) is 18.9 Å². The Morgan fingerprint density at radius 1 is 1.50 bits per heavy atom. The number of H-pyrrole nitrogens is 1. The fourth-order valence-electron chi connectivity index (χ4n) is 1.22. The second kappa shape index (κ2) is 5.59. The van der Waals surface area contributed by atoms with Gasteiger partial charge in [-0.15, -0.1) is 13.2 Å². The first-order chi connectivity index (χ1) is 9.17. The van der Waals surface area contributed by atoms with Crippen molar-refractivity contribution in [3.63, 3.8) is 0 Å². The van der Waals surface area contributed by atoms with Crippen molar-refractivity contribution in [1.82, 2.24) is 4.98 Å². The van der Waals surface area contributed by atoms with Gasteiger partial charge in [-0.25, -0.2) is 4.79 Å². The predicted octanol–water partition coefficient (Wildman–Crippen LogP) is 1.36. The molecule has 0 bridgehead atoms. The molecule has 0 atom stereocenters. The zero-order valence-corrected chi connectivity index (χ0v) is 9.82. The summed E-state index contributed by atoms with van der Waals surface area (Å²) in [7, 11) is 0. The summed E-state index contributed by atoms with van der Waals surface area (Å²) >= 11 is 0. The van der Waals surface area contributed by atoms with Crippen LogP contribution in [0.3, 0.4) is 0 Å². The molecule has 1 N–H and O–H groups in total. The van der Waals surface area contributed by atoms with Gasteiger partial charge >= 0.3 is 18.0 Å². The van der Waals surface area contributed by atoms with E-state index in [9.17, 15) is 32.9 Å². The van der Waals surface area contributed by atoms with Crippen LogP contribution in [0.15, 0.2) is 11.0 Å². The number of halogens is 3. The second-order valence-corrected chi connectivity index (χ2v) is 3.23. The molecule has 110 valence electrons. The second-order valence-electron chi connectivity index (χ2n) is 3.23. The first-order valence-electron chi connectivity index (χ1n) is 5.00. The lowest BCUT2D eigenvalue weighted by atomic mass is 10.2. The van der Waals surface area contributed by atoms with Crippen LogP contribution in [0, 0.1) is 10.1 Å². The van der Waals surface area contributed by atoms with Gasteiger partial charge in [0, 0.05) is 6.20 Å². The normalized spacial score (nSPS) is 11.0. The minimum Gasteiger partial charge on any atom is -0.462 e. The van der Waals surface area contributed by atoms with Crippen LogP contribution >= 0.6 is 0 Å². The number of nitro groups is 1. The van der Waals surface area contributed by atoms with E-state index in [0.717, 1.165) is 0 Å². The Hall–Kier alpha value is -2.59. The minimum atomic E-state index is -5.24. The van der Waals surface area contributed by atoms with Gasteiger partial charge in [0.05, 0.1) is 11.5 Å². The number of rotatable bonds is 4. The molecule has 1 aromatic heterocycles. The molecule has 0 radical (unpaired) electrons. The Morgan fingerprint density at radius 3 is 2.55 bits per heavy atom. The van der Waals surface area contributed by atoms with E-state index >= 15 is 0 Å². The van der Waals surface area contributed by atoms with Gasteiger partial charge in [0.2, 0.25) is 0 Å². The first kappa shape index (κ1) is 15.5. The molecule has 0 aliphatic rings. The average molecular weight is 296 g/mol. The molecular weight excluding hydrogens is 289 g/mol. The fraction of sp³-hybridized carbons (Fsp3) is 0.333. The van der Waals surface area contributed by atoms with Crippen molar-refractivity contribution in [3.05, 3.63) is 32.1 Å². The maximum atomic E-state index is 12.0. The van der Waals surface area contributed by atoms with Gasteiger partial charge in [-0.1, -0.05) is 0 Å². The molecule has 0 fully saturated rings. The van der Waals surface area contributed by atoms with Gasteiger partial charge in [-0.2, -0.15) is 0 Å². The molecule has 20 heavy (non-hydrogen) atoms. The molecule has 0 saturated carbocycles. The largest absolute Gasteiger partial charge is 0.574 e. The highest BCUT2D eigenvalue weighted by Crippen LogP contribution is 2.27. The summed E-state index contributed by atoms with van der Waals surface area (Å²) in [5, 5.41) is 10.6. The molecule has 0 amide bonds. The van der Waals surface area contributed by atoms with Crippen LogP contribution in [-0.4, -0.2) is 28.8 Å². The number of hydrogen-bond donors (Lipinski definition) is 1. The summed E-state index contributed by atoms with van der Waals surface area (Å²) in [6.07, 6.45) is -4.69. The third kappa shape index (κ3) is 3.46. The third-order valence-electron chi connectivity index (χ3n) is 1.92. The number of nitrogens with zero attached hydrogens (tertiary/aromatic N) is 1. The molecule has 0 aliphatic heterocycles. The summed E-state index contributed by atoms with van der Waals surface area (Å²) in [6, 6.07) is 0. The number of aromatic nitrogens is 1. The number of ether oxygens (including phenoxy) is 2. The molecule has 11 heteroatoms. The number of alkyl halides is 3.